The van der Waals surface area contributed by atoms with Gasteiger partial charge < -0.3 is 9.47 Å². The zero-order valence-electron chi connectivity index (χ0n) is 10.2. The molecule has 1 atom stereocenters. The molecule has 1 unspecified atom stereocenters. The van der Waals surface area contributed by atoms with Gasteiger partial charge in [0.15, 0.2) is 0 Å². The predicted molar refractivity (Wildman–Crippen MR) is 71.7 cm³/mol. The van der Waals surface area contributed by atoms with Crippen molar-refractivity contribution >= 4 is 33.0 Å². The Balaban J connectivity index is 2.64. The van der Waals surface area contributed by atoms with Crippen molar-refractivity contribution in [1.29, 1.82) is 0 Å². The number of sulfonamides is 1. The summed E-state index contributed by atoms with van der Waals surface area (Å²) in [4.78, 5) is 1.05. The number of halogens is 1. The largest absolute Gasteiger partial charge is 0.382 e. The van der Waals surface area contributed by atoms with Crippen LogP contribution >= 0.6 is 22.9 Å². The fourth-order valence-corrected chi connectivity index (χ4v) is 3.71. The molecule has 0 saturated heterocycles. The van der Waals surface area contributed by atoms with Gasteiger partial charge in [-0.15, -0.1) is 22.9 Å². The van der Waals surface area contributed by atoms with Crippen molar-refractivity contribution in [2.24, 2.45) is 0 Å². The fraction of sp³-hybridized carbons (Fsp3) is 0.600. The summed E-state index contributed by atoms with van der Waals surface area (Å²) >= 11 is 6.96. The van der Waals surface area contributed by atoms with Crippen LogP contribution in [0.5, 0.6) is 0 Å². The van der Waals surface area contributed by atoms with Crippen molar-refractivity contribution in [3.05, 3.63) is 16.3 Å². The van der Waals surface area contributed by atoms with E-state index < -0.39 is 10.0 Å². The molecule has 18 heavy (non-hydrogen) atoms. The molecule has 0 aliphatic heterocycles. The Hall–Kier alpha value is -0.180. The number of alkyl halides is 1. The maximum Gasteiger partial charge on any atom is 0.241 e. The molecule has 0 aliphatic carbocycles. The van der Waals surface area contributed by atoms with Gasteiger partial charge in [-0.3, -0.25) is 0 Å². The second-order valence-electron chi connectivity index (χ2n) is 3.55. The standard InChI is InChI=1S/C10H16ClNO4S2/c1-15-6-8(16-2)5-12-18(13,14)10-3-9(4-11)17-7-10/h3,7-8,12H,4-6H2,1-2H3. The molecule has 1 rings (SSSR count). The van der Waals surface area contributed by atoms with E-state index in [0.29, 0.717) is 12.5 Å². The third-order valence-electron chi connectivity index (χ3n) is 2.26. The summed E-state index contributed by atoms with van der Waals surface area (Å²) in [6, 6.07) is 1.57. The lowest BCUT2D eigenvalue weighted by atomic mass is 10.4. The van der Waals surface area contributed by atoms with Crippen LogP contribution in [0.15, 0.2) is 16.3 Å². The number of ether oxygens (including phenoxy) is 2. The first kappa shape index (κ1) is 15.9. The van der Waals surface area contributed by atoms with Gasteiger partial charge >= 0.3 is 0 Å². The van der Waals surface area contributed by atoms with E-state index in [1.807, 2.05) is 0 Å². The molecule has 5 nitrogen and oxygen atoms in total. The van der Waals surface area contributed by atoms with Crippen molar-refractivity contribution in [2.75, 3.05) is 27.4 Å². The summed E-state index contributed by atoms with van der Waals surface area (Å²) in [6.45, 7) is 0.494. The molecule has 0 saturated carbocycles. The molecule has 0 spiro atoms. The normalized spacial score (nSPS) is 13.7. The van der Waals surface area contributed by atoms with E-state index in [1.165, 1.54) is 25.6 Å². The van der Waals surface area contributed by atoms with Gasteiger partial charge in [0.2, 0.25) is 10.0 Å². The first-order chi connectivity index (χ1) is 8.53. The highest BCUT2D eigenvalue weighted by Crippen LogP contribution is 2.20. The molecule has 0 amide bonds. The Kier molecular flexibility index (Phi) is 6.54. The molecular formula is C10H16ClNO4S2. The van der Waals surface area contributed by atoms with Gasteiger partial charge in [0.25, 0.3) is 0 Å². The van der Waals surface area contributed by atoms with Crippen LogP contribution in [0.1, 0.15) is 4.88 Å². The van der Waals surface area contributed by atoms with Crippen LogP contribution < -0.4 is 4.72 Å². The first-order valence-electron chi connectivity index (χ1n) is 5.18. The second-order valence-corrected chi connectivity index (χ2v) is 6.58. The molecule has 0 fully saturated rings. The van der Waals surface area contributed by atoms with E-state index in [4.69, 9.17) is 21.1 Å². The molecule has 1 aromatic rings. The zero-order valence-corrected chi connectivity index (χ0v) is 12.6. The lowest BCUT2D eigenvalue weighted by molar-refractivity contribution is 0.0320. The minimum Gasteiger partial charge on any atom is -0.382 e. The van der Waals surface area contributed by atoms with E-state index in [9.17, 15) is 8.42 Å². The van der Waals surface area contributed by atoms with Crippen LogP contribution in [0.4, 0.5) is 0 Å². The molecule has 8 heteroatoms. The van der Waals surface area contributed by atoms with Gasteiger partial charge in [-0.1, -0.05) is 0 Å². The Morgan fingerprint density at radius 2 is 2.22 bits per heavy atom. The molecule has 0 aliphatic rings. The Bertz CT molecular complexity index is 460. The maximum atomic E-state index is 11.9. The average molecular weight is 314 g/mol. The first-order valence-corrected chi connectivity index (χ1v) is 8.08. The Morgan fingerprint density at radius 1 is 1.50 bits per heavy atom. The molecule has 0 bridgehead atoms. The minimum atomic E-state index is -3.51. The molecule has 0 radical (unpaired) electrons. The molecule has 0 aromatic carbocycles. The van der Waals surface area contributed by atoms with E-state index in [-0.39, 0.29) is 17.5 Å². The second kappa shape index (κ2) is 7.42. The summed E-state index contributed by atoms with van der Waals surface area (Å²) in [5, 5.41) is 1.57. The third kappa shape index (κ3) is 4.49. The monoisotopic (exact) mass is 313 g/mol. The van der Waals surface area contributed by atoms with Gasteiger partial charge in [-0.25, -0.2) is 13.1 Å². The maximum absolute atomic E-state index is 11.9. The highest BCUT2D eigenvalue weighted by Gasteiger charge is 2.18. The molecule has 104 valence electrons. The van der Waals surface area contributed by atoms with Gasteiger partial charge in [-0.2, -0.15) is 0 Å². The van der Waals surface area contributed by atoms with E-state index in [1.54, 1.807) is 11.4 Å². The summed E-state index contributed by atoms with van der Waals surface area (Å²) in [7, 11) is -0.465. The van der Waals surface area contributed by atoms with Crippen LogP contribution in [0.2, 0.25) is 0 Å². The summed E-state index contributed by atoms with van der Waals surface area (Å²) in [5.74, 6) is 0.310. The van der Waals surface area contributed by atoms with Crippen molar-refractivity contribution in [2.45, 2.75) is 16.9 Å². The minimum absolute atomic E-state index is 0.165. The van der Waals surface area contributed by atoms with Gasteiger partial charge in [0, 0.05) is 31.0 Å². The number of rotatable bonds is 8. The molecular weight excluding hydrogens is 298 g/mol. The summed E-state index contributed by atoms with van der Waals surface area (Å²) in [5.41, 5.74) is 0. The highest BCUT2D eigenvalue weighted by atomic mass is 35.5. The van der Waals surface area contributed by atoms with Crippen molar-refractivity contribution in [3.63, 3.8) is 0 Å². The lowest BCUT2D eigenvalue weighted by Crippen LogP contribution is -2.35. The topological polar surface area (TPSA) is 64.6 Å². The highest BCUT2D eigenvalue weighted by molar-refractivity contribution is 7.89. The summed E-state index contributed by atoms with van der Waals surface area (Å²) < 4.78 is 36.4. The van der Waals surface area contributed by atoms with Crippen LogP contribution in [-0.4, -0.2) is 41.9 Å². The quantitative estimate of drug-likeness (QED) is 0.737. The Morgan fingerprint density at radius 3 is 2.72 bits per heavy atom. The Labute approximate surface area is 116 Å². The van der Waals surface area contributed by atoms with E-state index >= 15 is 0 Å². The SMILES string of the molecule is COCC(CNS(=O)(=O)c1csc(CCl)c1)OC. The number of hydrogen-bond donors (Lipinski definition) is 1. The third-order valence-corrected chi connectivity index (χ3v) is 5.19. The number of thiophene rings is 1. The smallest absolute Gasteiger partial charge is 0.241 e. The van der Waals surface area contributed by atoms with Gasteiger partial charge in [0.1, 0.15) is 0 Å². The van der Waals surface area contributed by atoms with E-state index in [2.05, 4.69) is 4.72 Å². The van der Waals surface area contributed by atoms with Crippen LogP contribution in [0, 0.1) is 0 Å². The average Bonchev–Trinajstić information content (AvgIpc) is 2.84. The number of nitrogens with one attached hydrogen (secondary N) is 1. The van der Waals surface area contributed by atoms with E-state index in [0.717, 1.165) is 4.88 Å². The van der Waals surface area contributed by atoms with Gasteiger partial charge in [-0.05, 0) is 6.07 Å². The number of hydrogen-bond acceptors (Lipinski definition) is 5. The number of methoxy groups -OCH3 is 2. The fourth-order valence-electron chi connectivity index (χ4n) is 1.25. The van der Waals surface area contributed by atoms with Crippen molar-refractivity contribution in [3.8, 4) is 0 Å². The molecule has 1 heterocycles. The van der Waals surface area contributed by atoms with Crippen LogP contribution in [0.25, 0.3) is 0 Å². The summed E-state index contributed by atoms with van der Waals surface area (Å²) in [6.07, 6.45) is -0.309. The van der Waals surface area contributed by atoms with Crippen molar-refractivity contribution < 1.29 is 17.9 Å². The predicted octanol–water partition coefficient (Wildman–Crippen LogP) is 1.43. The van der Waals surface area contributed by atoms with Crippen LogP contribution in [0.3, 0.4) is 0 Å². The van der Waals surface area contributed by atoms with Gasteiger partial charge in [0.05, 0.1) is 23.5 Å². The van der Waals surface area contributed by atoms with Crippen molar-refractivity contribution in [1.82, 2.24) is 4.72 Å². The molecule has 1 aromatic heterocycles. The van der Waals surface area contributed by atoms with Crippen LogP contribution in [-0.2, 0) is 25.4 Å². The zero-order chi connectivity index (χ0) is 13.6. The molecule has 1 N–H and O–H groups in total. The lowest BCUT2D eigenvalue weighted by Gasteiger charge is -2.14.